The minimum absolute atomic E-state index is 0.131. The monoisotopic (exact) mass is 472 g/mol. The van der Waals surface area contributed by atoms with Crippen LogP contribution >= 0.6 is 0 Å². The zero-order valence-electron chi connectivity index (χ0n) is 19.9. The van der Waals surface area contributed by atoms with Crippen molar-refractivity contribution in [3.63, 3.8) is 0 Å². The first-order valence-electron chi connectivity index (χ1n) is 11.2. The van der Waals surface area contributed by atoms with Gasteiger partial charge in [-0.15, -0.1) is 0 Å². The Bertz CT molecular complexity index is 1200. The lowest BCUT2D eigenvalue weighted by molar-refractivity contribution is -0.136. The lowest BCUT2D eigenvalue weighted by Gasteiger charge is -2.12. The molecular weight excluding hydrogens is 444 g/mol. The van der Waals surface area contributed by atoms with Gasteiger partial charge in [0.15, 0.2) is 6.61 Å². The predicted octanol–water partition coefficient (Wildman–Crippen LogP) is 3.97. The average molecular weight is 473 g/mol. The van der Waals surface area contributed by atoms with Gasteiger partial charge in [-0.3, -0.25) is 14.4 Å². The van der Waals surface area contributed by atoms with Crippen LogP contribution in [0.4, 0.5) is 11.4 Å². The van der Waals surface area contributed by atoms with Crippen LogP contribution in [0, 0.1) is 13.8 Å². The zero-order valence-corrected chi connectivity index (χ0v) is 19.9. The molecule has 0 aliphatic heterocycles. The number of hydrogen-bond acceptors (Lipinski definition) is 5. The van der Waals surface area contributed by atoms with E-state index in [1.807, 2.05) is 51.1 Å². The number of para-hydroxylation sites is 1. The van der Waals surface area contributed by atoms with Gasteiger partial charge >= 0.3 is 11.8 Å². The van der Waals surface area contributed by atoms with Crippen molar-refractivity contribution in [2.24, 2.45) is 5.10 Å². The van der Waals surface area contributed by atoms with Crippen molar-refractivity contribution >= 4 is 35.3 Å². The Labute approximate surface area is 204 Å². The molecule has 0 unspecified atom stereocenters. The van der Waals surface area contributed by atoms with E-state index in [-0.39, 0.29) is 12.5 Å². The Hall–Kier alpha value is -4.46. The number of rotatable bonds is 8. The molecule has 0 saturated carbocycles. The summed E-state index contributed by atoms with van der Waals surface area (Å²) in [6, 6.07) is 19.8. The summed E-state index contributed by atoms with van der Waals surface area (Å²) in [6.45, 7) is 5.77. The van der Waals surface area contributed by atoms with Gasteiger partial charge < -0.3 is 15.4 Å². The van der Waals surface area contributed by atoms with E-state index in [1.54, 1.807) is 36.4 Å². The molecular formula is C27H28N4O4. The number of amides is 3. The minimum atomic E-state index is -0.879. The number of anilines is 2. The summed E-state index contributed by atoms with van der Waals surface area (Å²) in [6.07, 6.45) is 2.29. The third-order valence-corrected chi connectivity index (χ3v) is 5.20. The fraction of sp³-hybridized carbons (Fsp3) is 0.185. The molecule has 0 aliphatic carbocycles. The molecule has 35 heavy (non-hydrogen) atoms. The van der Waals surface area contributed by atoms with E-state index in [0.717, 1.165) is 28.8 Å². The Morgan fingerprint density at radius 3 is 2.14 bits per heavy atom. The number of carbonyl (C=O) groups excluding carboxylic acids is 3. The van der Waals surface area contributed by atoms with E-state index in [0.29, 0.717) is 17.0 Å². The number of nitrogens with one attached hydrogen (secondary N) is 3. The van der Waals surface area contributed by atoms with Crippen LogP contribution in [0.15, 0.2) is 71.8 Å². The van der Waals surface area contributed by atoms with Crippen molar-refractivity contribution in [2.75, 3.05) is 17.2 Å². The lowest BCUT2D eigenvalue weighted by Crippen LogP contribution is -2.32. The largest absolute Gasteiger partial charge is 0.484 e. The fourth-order valence-corrected chi connectivity index (χ4v) is 3.21. The van der Waals surface area contributed by atoms with Crippen molar-refractivity contribution in [2.45, 2.75) is 27.2 Å². The first kappa shape index (κ1) is 25.2. The van der Waals surface area contributed by atoms with Crippen molar-refractivity contribution in [3.05, 3.63) is 89.0 Å². The summed E-state index contributed by atoms with van der Waals surface area (Å²) in [5.74, 6) is -1.43. The van der Waals surface area contributed by atoms with Gasteiger partial charge in [0.25, 0.3) is 5.91 Å². The standard InChI is InChI=1S/C27H28N4O4/c1-4-20-8-12-22(13-9-20)29-26(33)27(34)31-28-16-21-10-14-23(15-11-21)35-17-24(32)30-25-18(2)6-5-7-19(25)3/h5-16H,4,17H2,1-3H3,(H,29,33)(H,30,32)(H,31,34)/b28-16-. The van der Waals surface area contributed by atoms with E-state index in [4.69, 9.17) is 4.74 Å². The van der Waals surface area contributed by atoms with Gasteiger partial charge in [-0.25, -0.2) is 5.43 Å². The van der Waals surface area contributed by atoms with E-state index >= 15 is 0 Å². The smallest absolute Gasteiger partial charge is 0.329 e. The summed E-state index contributed by atoms with van der Waals surface area (Å²) < 4.78 is 5.54. The SMILES string of the molecule is CCc1ccc(NC(=O)C(=O)N/N=C\c2ccc(OCC(=O)Nc3c(C)cccc3C)cc2)cc1. The number of ether oxygens (including phenoxy) is 1. The molecule has 0 atom stereocenters. The molecule has 8 nitrogen and oxygen atoms in total. The Morgan fingerprint density at radius 2 is 1.51 bits per heavy atom. The van der Waals surface area contributed by atoms with Crippen LogP contribution in [0.2, 0.25) is 0 Å². The number of hydrogen-bond donors (Lipinski definition) is 3. The van der Waals surface area contributed by atoms with Crippen LogP contribution in [-0.2, 0) is 20.8 Å². The summed E-state index contributed by atoms with van der Waals surface area (Å²) in [5, 5.41) is 9.20. The molecule has 0 aromatic heterocycles. The third kappa shape index (κ3) is 7.53. The van der Waals surface area contributed by atoms with E-state index in [2.05, 4.69) is 21.2 Å². The second-order valence-corrected chi connectivity index (χ2v) is 7.88. The van der Waals surface area contributed by atoms with Gasteiger partial charge in [0.1, 0.15) is 5.75 Å². The first-order chi connectivity index (χ1) is 16.9. The van der Waals surface area contributed by atoms with E-state index in [9.17, 15) is 14.4 Å². The van der Waals surface area contributed by atoms with Crippen LogP contribution in [-0.4, -0.2) is 30.5 Å². The van der Waals surface area contributed by atoms with Gasteiger partial charge in [-0.2, -0.15) is 5.10 Å². The van der Waals surface area contributed by atoms with Gasteiger partial charge in [0.2, 0.25) is 0 Å². The van der Waals surface area contributed by atoms with E-state index in [1.165, 1.54) is 6.21 Å². The first-order valence-corrected chi connectivity index (χ1v) is 11.2. The Balaban J connectivity index is 1.44. The molecule has 3 rings (SSSR count). The normalized spacial score (nSPS) is 10.6. The van der Waals surface area contributed by atoms with Crippen LogP contribution in [0.1, 0.15) is 29.2 Å². The third-order valence-electron chi connectivity index (χ3n) is 5.20. The quantitative estimate of drug-likeness (QED) is 0.262. The summed E-state index contributed by atoms with van der Waals surface area (Å²) in [5.41, 5.74) is 7.29. The molecule has 3 aromatic carbocycles. The van der Waals surface area contributed by atoms with Crippen LogP contribution < -0.4 is 20.8 Å². The zero-order chi connectivity index (χ0) is 25.2. The highest BCUT2D eigenvalue weighted by molar-refractivity contribution is 6.39. The molecule has 0 fully saturated rings. The fourth-order valence-electron chi connectivity index (χ4n) is 3.21. The van der Waals surface area contributed by atoms with Crippen molar-refractivity contribution in [1.29, 1.82) is 0 Å². The molecule has 180 valence electrons. The summed E-state index contributed by atoms with van der Waals surface area (Å²) >= 11 is 0. The molecule has 3 aromatic rings. The van der Waals surface area contributed by atoms with Crippen molar-refractivity contribution in [3.8, 4) is 5.75 Å². The molecule has 0 spiro atoms. The maximum Gasteiger partial charge on any atom is 0.329 e. The molecule has 0 aliphatic rings. The molecule has 3 N–H and O–H groups in total. The van der Waals surface area contributed by atoms with Gasteiger partial charge in [-0.1, -0.05) is 37.3 Å². The molecule has 3 amide bonds. The van der Waals surface area contributed by atoms with Crippen molar-refractivity contribution in [1.82, 2.24) is 5.43 Å². The Morgan fingerprint density at radius 1 is 0.857 bits per heavy atom. The minimum Gasteiger partial charge on any atom is -0.484 e. The summed E-state index contributed by atoms with van der Waals surface area (Å²) in [7, 11) is 0. The molecule has 0 bridgehead atoms. The highest BCUT2D eigenvalue weighted by atomic mass is 16.5. The molecule has 0 heterocycles. The highest BCUT2D eigenvalue weighted by Gasteiger charge is 2.12. The maximum absolute atomic E-state index is 12.2. The topological polar surface area (TPSA) is 109 Å². The van der Waals surface area contributed by atoms with Gasteiger partial charge in [0, 0.05) is 11.4 Å². The van der Waals surface area contributed by atoms with Gasteiger partial charge in [0.05, 0.1) is 6.21 Å². The Kier molecular flexibility index (Phi) is 8.72. The highest BCUT2D eigenvalue weighted by Crippen LogP contribution is 2.19. The number of nitrogens with zero attached hydrogens (tertiary/aromatic N) is 1. The second kappa shape index (κ2) is 12.1. The second-order valence-electron chi connectivity index (χ2n) is 7.88. The van der Waals surface area contributed by atoms with Crippen LogP contribution in [0.25, 0.3) is 0 Å². The number of aryl methyl sites for hydroxylation is 3. The number of carbonyl (C=O) groups is 3. The molecule has 8 heteroatoms. The average Bonchev–Trinajstić information content (AvgIpc) is 2.86. The van der Waals surface area contributed by atoms with Crippen LogP contribution in [0.5, 0.6) is 5.75 Å². The summed E-state index contributed by atoms with van der Waals surface area (Å²) in [4.78, 5) is 36.2. The van der Waals surface area contributed by atoms with Crippen LogP contribution in [0.3, 0.4) is 0 Å². The lowest BCUT2D eigenvalue weighted by atomic mass is 10.1. The molecule has 0 saturated heterocycles. The predicted molar refractivity (Wildman–Crippen MR) is 137 cm³/mol. The number of benzene rings is 3. The van der Waals surface area contributed by atoms with Crippen molar-refractivity contribution < 1.29 is 19.1 Å². The molecule has 0 radical (unpaired) electrons. The maximum atomic E-state index is 12.2. The number of hydrazone groups is 1. The van der Waals surface area contributed by atoms with E-state index < -0.39 is 11.8 Å². The van der Waals surface area contributed by atoms with Gasteiger partial charge in [-0.05, 0) is 78.9 Å².